The van der Waals surface area contributed by atoms with Gasteiger partial charge in [0.25, 0.3) is 0 Å². The normalized spacial score (nSPS) is 10.8. The van der Waals surface area contributed by atoms with E-state index in [1.54, 1.807) is 12.1 Å². The second-order valence-electron chi connectivity index (χ2n) is 6.93. The molecule has 0 aliphatic carbocycles. The number of fused-ring (bicyclic) bond motifs is 1. The summed E-state index contributed by atoms with van der Waals surface area (Å²) in [6.07, 6.45) is 0.812. The van der Waals surface area contributed by atoms with Gasteiger partial charge in [-0.3, -0.25) is 4.79 Å². The van der Waals surface area contributed by atoms with Crippen molar-refractivity contribution in [3.05, 3.63) is 82.3 Å². The molecule has 29 heavy (non-hydrogen) atoms. The van der Waals surface area contributed by atoms with E-state index in [0.29, 0.717) is 23.5 Å². The first kappa shape index (κ1) is 18.5. The Kier molecular flexibility index (Phi) is 4.87. The summed E-state index contributed by atoms with van der Waals surface area (Å²) in [6.45, 7) is 2.43. The third-order valence-electron chi connectivity index (χ3n) is 4.78. The molecule has 1 aromatic heterocycles. The average Bonchev–Trinajstić information content (AvgIpc) is 3.17. The Morgan fingerprint density at radius 1 is 1.03 bits per heavy atom. The number of carbonyl (C=O) groups excluding carboxylic acids is 1. The van der Waals surface area contributed by atoms with E-state index in [1.807, 2.05) is 67.4 Å². The summed E-state index contributed by atoms with van der Waals surface area (Å²) in [5.41, 5.74) is 5.67. The van der Waals surface area contributed by atoms with Crippen LogP contribution < -0.4 is 4.90 Å². The van der Waals surface area contributed by atoms with Gasteiger partial charge in [-0.05, 0) is 60.1 Å². The van der Waals surface area contributed by atoms with Crippen LogP contribution in [0, 0.1) is 11.8 Å². The summed E-state index contributed by atoms with van der Waals surface area (Å²) in [7, 11) is 1.92. The lowest BCUT2D eigenvalue weighted by Crippen LogP contribution is -2.17. The van der Waals surface area contributed by atoms with Gasteiger partial charge in [0, 0.05) is 30.4 Å². The molecular weight excluding hydrogens is 366 g/mol. The van der Waals surface area contributed by atoms with Crippen molar-refractivity contribution in [3.63, 3.8) is 0 Å². The van der Waals surface area contributed by atoms with E-state index in [9.17, 15) is 9.70 Å². The molecule has 0 N–H and O–H groups in total. The Labute approximate surface area is 167 Å². The van der Waals surface area contributed by atoms with Gasteiger partial charge in [0.2, 0.25) is 0 Å². The van der Waals surface area contributed by atoms with Crippen molar-refractivity contribution in [1.29, 1.82) is 0 Å². The van der Waals surface area contributed by atoms with Crippen LogP contribution in [-0.4, -0.2) is 28.3 Å². The predicted octanol–water partition coefficient (Wildman–Crippen LogP) is 4.58. The van der Waals surface area contributed by atoms with E-state index >= 15 is 0 Å². The fourth-order valence-electron chi connectivity index (χ4n) is 3.33. The second-order valence-corrected chi connectivity index (χ2v) is 6.93. The SMILES string of the molecule is Cc1cc(CN(C)c2ccc(C=O)cc2)c(N=O)c(-n2nc3ccccc3n2)c1. The first-order chi connectivity index (χ1) is 14.1. The first-order valence-electron chi connectivity index (χ1n) is 9.15. The molecule has 1 heterocycles. The molecule has 0 atom stereocenters. The highest BCUT2D eigenvalue weighted by Crippen LogP contribution is 2.31. The molecule has 0 bridgehead atoms. The molecule has 4 aromatic rings. The van der Waals surface area contributed by atoms with Gasteiger partial charge >= 0.3 is 0 Å². The maximum Gasteiger partial charge on any atom is 0.150 e. The zero-order chi connectivity index (χ0) is 20.4. The van der Waals surface area contributed by atoms with Gasteiger partial charge in [-0.2, -0.15) is 0 Å². The number of hydrogen-bond acceptors (Lipinski definition) is 6. The van der Waals surface area contributed by atoms with Gasteiger partial charge < -0.3 is 4.90 Å². The van der Waals surface area contributed by atoms with Gasteiger partial charge in [-0.25, -0.2) is 0 Å². The van der Waals surface area contributed by atoms with E-state index < -0.39 is 0 Å². The number of hydrogen-bond donors (Lipinski definition) is 0. The van der Waals surface area contributed by atoms with Gasteiger partial charge in [-0.15, -0.1) is 19.9 Å². The summed E-state index contributed by atoms with van der Waals surface area (Å²) in [5, 5.41) is 12.3. The maximum atomic E-state index is 11.8. The minimum absolute atomic E-state index is 0.312. The number of aryl methyl sites for hydroxylation is 1. The zero-order valence-electron chi connectivity index (χ0n) is 16.1. The van der Waals surface area contributed by atoms with Crippen LogP contribution in [0.4, 0.5) is 11.4 Å². The lowest BCUT2D eigenvalue weighted by molar-refractivity contribution is 0.112. The van der Waals surface area contributed by atoms with Crippen LogP contribution in [0.1, 0.15) is 21.5 Å². The van der Waals surface area contributed by atoms with Crippen LogP contribution in [0.2, 0.25) is 0 Å². The largest absolute Gasteiger partial charge is 0.370 e. The summed E-state index contributed by atoms with van der Waals surface area (Å²) >= 11 is 0. The molecule has 0 saturated heterocycles. The highest BCUT2D eigenvalue weighted by Gasteiger charge is 2.17. The molecule has 7 nitrogen and oxygen atoms in total. The summed E-state index contributed by atoms with van der Waals surface area (Å²) in [6, 6.07) is 18.6. The standard InChI is InChI=1S/C22H19N5O2/c1-15-11-17(13-26(2)18-9-7-16(14-28)8-10-18)22(25-29)21(12-15)27-23-19-5-3-4-6-20(19)24-27/h3-12,14H,13H2,1-2H3. The van der Waals surface area contributed by atoms with E-state index in [0.717, 1.165) is 34.1 Å². The number of rotatable bonds is 6. The smallest absolute Gasteiger partial charge is 0.150 e. The molecule has 7 heteroatoms. The molecule has 4 rings (SSSR count). The number of nitroso groups, excluding NO2 is 1. The van der Waals surface area contributed by atoms with Crippen molar-refractivity contribution in [2.24, 2.45) is 5.18 Å². The highest BCUT2D eigenvalue weighted by atomic mass is 16.3. The van der Waals surface area contributed by atoms with Gasteiger partial charge in [-0.1, -0.05) is 18.2 Å². The fraction of sp³-hybridized carbons (Fsp3) is 0.136. The minimum Gasteiger partial charge on any atom is -0.370 e. The molecule has 0 amide bonds. The van der Waals surface area contributed by atoms with Crippen molar-refractivity contribution >= 4 is 28.7 Å². The molecule has 0 fully saturated rings. The Morgan fingerprint density at radius 2 is 1.69 bits per heavy atom. The lowest BCUT2D eigenvalue weighted by atomic mass is 10.1. The number of aldehydes is 1. The molecule has 0 unspecified atom stereocenters. The molecule has 0 spiro atoms. The number of anilines is 1. The van der Waals surface area contributed by atoms with Crippen LogP contribution in [0.25, 0.3) is 16.7 Å². The van der Waals surface area contributed by atoms with Crippen LogP contribution in [0.3, 0.4) is 0 Å². The monoisotopic (exact) mass is 385 g/mol. The highest BCUT2D eigenvalue weighted by molar-refractivity contribution is 5.76. The average molecular weight is 385 g/mol. The van der Waals surface area contributed by atoms with E-state index in [4.69, 9.17) is 0 Å². The van der Waals surface area contributed by atoms with Crippen LogP contribution in [0.5, 0.6) is 0 Å². The van der Waals surface area contributed by atoms with Crippen molar-refractivity contribution < 1.29 is 4.79 Å². The summed E-state index contributed by atoms with van der Waals surface area (Å²) in [4.78, 5) is 26.1. The number of carbonyl (C=O) groups is 1. The van der Waals surface area contributed by atoms with E-state index in [2.05, 4.69) is 15.4 Å². The molecular formula is C22H19N5O2. The topological polar surface area (TPSA) is 80.5 Å². The maximum absolute atomic E-state index is 11.8. The zero-order valence-corrected chi connectivity index (χ0v) is 16.1. The number of aromatic nitrogens is 3. The first-order valence-corrected chi connectivity index (χ1v) is 9.15. The fourth-order valence-corrected chi connectivity index (χ4v) is 3.33. The number of nitrogens with zero attached hydrogens (tertiary/aromatic N) is 5. The Hall–Kier alpha value is -3.87. The number of benzene rings is 3. The van der Waals surface area contributed by atoms with E-state index in [1.165, 1.54) is 4.80 Å². The molecule has 0 aliphatic heterocycles. The third-order valence-corrected chi connectivity index (χ3v) is 4.78. The van der Waals surface area contributed by atoms with Crippen LogP contribution in [-0.2, 0) is 6.54 Å². The molecule has 0 aliphatic rings. The van der Waals surface area contributed by atoms with Crippen molar-refractivity contribution in [3.8, 4) is 5.69 Å². The lowest BCUT2D eigenvalue weighted by Gasteiger charge is -2.21. The van der Waals surface area contributed by atoms with Crippen LogP contribution >= 0.6 is 0 Å². The third kappa shape index (κ3) is 3.62. The van der Waals surface area contributed by atoms with E-state index in [-0.39, 0.29) is 0 Å². The molecule has 3 aromatic carbocycles. The molecule has 0 saturated carbocycles. The quantitative estimate of drug-likeness (QED) is 0.359. The summed E-state index contributed by atoms with van der Waals surface area (Å²) in [5.74, 6) is 0. The van der Waals surface area contributed by atoms with Gasteiger partial charge in [0.1, 0.15) is 28.7 Å². The second kappa shape index (κ2) is 7.63. The Morgan fingerprint density at radius 3 is 2.28 bits per heavy atom. The Bertz CT molecular complexity index is 1160. The van der Waals surface area contributed by atoms with Crippen LogP contribution in [0.15, 0.2) is 65.8 Å². The van der Waals surface area contributed by atoms with Gasteiger partial charge in [0.15, 0.2) is 0 Å². The molecule has 144 valence electrons. The minimum atomic E-state index is 0.312. The van der Waals surface area contributed by atoms with Crippen molar-refractivity contribution in [2.75, 3.05) is 11.9 Å². The van der Waals surface area contributed by atoms with Crippen molar-refractivity contribution in [1.82, 2.24) is 15.0 Å². The predicted molar refractivity (Wildman–Crippen MR) is 113 cm³/mol. The Balaban J connectivity index is 1.73. The summed E-state index contributed by atoms with van der Waals surface area (Å²) < 4.78 is 0. The molecule has 0 radical (unpaired) electrons. The van der Waals surface area contributed by atoms with Gasteiger partial charge in [0.05, 0.1) is 0 Å². The van der Waals surface area contributed by atoms with Crippen molar-refractivity contribution in [2.45, 2.75) is 13.5 Å².